The zero-order valence-electron chi connectivity index (χ0n) is 17.8. The van der Waals surface area contributed by atoms with Gasteiger partial charge in [-0.1, -0.05) is 0 Å². The summed E-state index contributed by atoms with van der Waals surface area (Å²) in [5.74, 6) is 2.49. The molecule has 4 bridgehead atoms. The Labute approximate surface area is 165 Å². The molecule has 1 atom stereocenters. The van der Waals surface area contributed by atoms with Crippen LogP contribution in [0.2, 0.25) is 0 Å². The van der Waals surface area contributed by atoms with E-state index in [-0.39, 0.29) is 11.5 Å². The maximum Gasteiger partial charge on any atom is 0.241 e. The summed E-state index contributed by atoms with van der Waals surface area (Å²) in [5, 5.41) is 0. The Morgan fingerprint density at radius 2 is 1.15 bits per heavy atom. The van der Waals surface area contributed by atoms with Crippen LogP contribution in [0.25, 0.3) is 0 Å². The number of rotatable bonds is 4. The molecule has 1 N–H and O–H groups in total. The first-order valence-corrected chi connectivity index (χ1v) is 12.1. The number of nitrogens with one attached hydrogen (secondary N) is 1. The van der Waals surface area contributed by atoms with Crippen LogP contribution in [0.3, 0.4) is 0 Å². The third-order valence-corrected chi connectivity index (χ3v) is 10.3. The number of sulfonamides is 1. The van der Waals surface area contributed by atoms with Gasteiger partial charge in [0.05, 0.1) is 4.90 Å². The van der Waals surface area contributed by atoms with Crippen molar-refractivity contribution in [3.8, 4) is 0 Å². The van der Waals surface area contributed by atoms with Gasteiger partial charge in [0.25, 0.3) is 0 Å². The van der Waals surface area contributed by atoms with Crippen molar-refractivity contribution in [3.05, 3.63) is 27.8 Å². The zero-order chi connectivity index (χ0) is 19.7. The summed E-state index contributed by atoms with van der Waals surface area (Å²) in [5.41, 5.74) is 5.39. The lowest BCUT2D eigenvalue weighted by atomic mass is 9.48. The highest BCUT2D eigenvalue weighted by molar-refractivity contribution is 7.89. The molecule has 0 amide bonds. The highest BCUT2D eigenvalue weighted by Gasteiger charge is 2.53. The van der Waals surface area contributed by atoms with E-state index in [2.05, 4.69) is 18.6 Å². The molecule has 0 radical (unpaired) electrons. The van der Waals surface area contributed by atoms with Gasteiger partial charge in [0, 0.05) is 6.04 Å². The summed E-state index contributed by atoms with van der Waals surface area (Å²) in [6.07, 6.45) is 7.79. The molecule has 4 fully saturated rings. The highest BCUT2D eigenvalue weighted by atomic mass is 32.2. The monoisotopic (exact) mass is 389 g/mol. The molecule has 150 valence electrons. The molecule has 0 aromatic heterocycles. The molecular weight excluding hydrogens is 354 g/mol. The van der Waals surface area contributed by atoms with Crippen LogP contribution >= 0.6 is 0 Å². The molecule has 1 unspecified atom stereocenters. The van der Waals surface area contributed by atoms with Crippen molar-refractivity contribution >= 4 is 10.0 Å². The fourth-order valence-electron chi connectivity index (χ4n) is 6.99. The largest absolute Gasteiger partial charge is 0.241 e. The van der Waals surface area contributed by atoms with Gasteiger partial charge in [-0.25, -0.2) is 13.1 Å². The summed E-state index contributed by atoms with van der Waals surface area (Å²) in [6.45, 7) is 12.2. The van der Waals surface area contributed by atoms with E-state index in [1.165, 1.54) is 44.1 Å². The van der Waals surface area contributed by atoms with Crippen LogP contribution in [-0.2, 0) is 10.0 Å². The van der Waals surface area contributed by atoms with Gasteiger partial charge in [-0.05, 0) is 131 Å². The van der Waals surface area contributed by atoms with Crippen molar-refractivity contribution in [1.29, 1.82) is 0 Å². The minimum absolute atomic E-state index is 0.0108. The Hall–Kier alpha value is -0.870. The van der Waals surface area contributed by atoms with Gasteiger partial charge < -0.3 is 0 Å². The van der Waals surface area contributed by atoms with Crippen LogP contribution in [0.5, 0.6) is 0 Å². The smallest absolute Gasteiger partial charge is 0.208 e. The molecule has 27 heavy (non-hydrogen) atoms. The molecule has 0 heterocycles. The van der Waals surface area contributed by atoms with Gasteiger partial charge in [0.1, 0.15) is 0 Å². The molecule has 4 saturated carbocycles. The van der Waals surface area contributed by atoms with Crippen molar-refractivity contribution in [1.82, 2.24) is 4.72 Å². The summed E-state index contributed by atoms with van der Waals surface area (Å²) < 4.78 is 30.1. The first kappa shape index (κ1) is 19.4. The molecule has 4 aliphatic carbocycles. The van der Waals surface area contributed by atoms with Gasteiger partial charge in [-0.2, -0.15) is 0 Å². The standard InChI is InChI=1S/C23H35NO2S/c1-13-14(2)16(4)22(17(5)15(13)3)27(25,26)24-18(6)23-10-19-7-20(11-23)9-21(8-19)12-23/h18-21,24H,7-12H2,1-6H3. The lowest BCUT2D eigenvalue weighted by Crippen LogP contribution is -2.55. The molecule has 0 aliphatic heterocycles. The summed E-state index contributed by atoms with van der Waals surface area (Å²) in [6, 6.07) is 0.0108. The normalized spacial score (nSPS) is 33.5. The van der Waals surface area contributed by atoms with Gasteiger partial charge >= 0.3 is 0 Å². The van der Waals surface area contributed by atoms with Crippen LogP contribution in [0.1, 0.15) is 73.3 Å². The van der Waals surface area contributed by atoms with E-state index in [9.17, 15) is 8.42 Å². The first-order chi connectivity index (χ1) is 12.5. The van der Waals surface area contributed by atoms with Crippen LogP contribution in [0.4, 0.5) is 0 Å². The zero-order valence-corrected chi connectivity index (χ0v) is 18.6. The Bertz CT molecular complexity index is 820. The second-order valence-corrected chi connectivity index (χ2v) is 11.7. The van der Waals surface area contributed by atoms with Crippen molar-refractivity contribution < 1.29 is 8.42 Å². The molecule has 0 saturated heterocycles. The van der Waals surface area contributed by atoms with Crippen LogP contribution in [-0.4, -0.2) is 14.5 Å². The highest BCUT2D eigenvalue weighted by Crippen LogP contribution is 2.61. The molecule has 0 spiro atoms. The fraction of sp³-hybridized carbons (Fsp3) is 0.739. The molecule has 3 nitrogen and oxygen atoms in total. The minimum Gasteiger partial charge on any atom is -0.208 e. The molecule has 1 aromatic rings. The van der Waals surface area contributed by atoms with Crippen LogP contribution in [0, 0.1) is 57.8 Å². The van der Waals surface area contributed by atoms with Gasteiger partial charge in [-0.3, -0.25) is 0 Å². The quantitative estimate of drug-likeness (QED) is 0.777. The van der Waals surface area contributed by atoms with E-state index >= 15 is 0 Å². The molecule has 4 heteroatoms. The lowest BCUT2D eigenvalue weighted by molar-refractivity contribution is -0.0666. The molecule has 4 aliphatic rings. The Morgan fingerprint density at radius 1 is 0.778 bits per heavy atom. The molecule has 5 rings (SSSR count). The number of benzene rings is 1. The maximum atomic E-state index is 13.5. The summed E-state index contributed by atoms with van der Waals surface area (Å²) >= 11 is 0. The van der Waals surface area contributed by atoms with E-state index in [1.54, 1.807) is 0 Å². The van der Waals surface area contributed by atoms with Crippen LogP contribution < -0.4 is 4.72 Å². The minimum atomic E-state index is -3.53. The predicted octanol–water partition coefficient (Wildman–Crippen LogP) is 5.11. The topological polar surface area (TPSA) is 46.2 Å². The van der Waals surface area contributed by atoms with E-state index in [1.807, 2.05) is 27.7 Å². The molecular formula is C23H35NO2S. The number of hydrogen-bond donors (Lipinski definition) is 1. The van der Waals surface area contributed by atoms with Gasteiger partial charge in [-0.15, -0.1) is 0 Å². The summed E-state index contributed by atoms with van der Waals surface area (Å²) in [7, 11) is -3.53. The predicted molar refractivity (Wildman–Crippen MR) is 111 cm³/mol. The van der Waals surface area contributed by atoms with E-state index in [0.717, 1.165) is 40.0 Å². The van der Waals surface area contributed by atoms with Crippen molar-refractivity contribution in [2.75, 3.05) is 0 Å². The van der Waals surface area contributed by atoms with Crippen molar-refractivity contribution in [2.45, 2.75) is 91.0 Å². The van der Waals surface area contributed by atoms with Crippen LogP contribution in [0.15, 0.2) is 4.90 Å². The average Bonchev–Trinajstić information content (AvgIpc) is 2.56. The average molecular weight is 390 g/mol. The Balaban J connectivity index is 1.67. The van der Waals surface area contributed by atoms with E-state index in [0.29, 0.717) is 4.90 Å². The van der Waals surface area contributed by atoms with Gasteiger partial charge in [0.15, 0.2) is 0 Å². The Morgan fingerprint density at radius 3 is 1.56 bits per heavy atom. The summed E-state index contributed by atoms with van der Waals surface area (Å²) in [4.78, 5) is 0.514. The maximum absolute atomic E-state index is 13.5. The third kappa shape index (κ3) is 2.98. The Kier molecular flexibility index (Phi) is 4.55. The third-order valence-electron chi connectivity index (χ3n) is 8.54. The first-order valence-electron chi connectivity index (χ1n) is 10.6. The van der Waals surface area contributed by atoms with Crippen molar-refractivity contribution in [2.24, 2.45) is 23.2 Å². The van der Waals surface area contributed by atoms with E-state index < -0.39 is 10.0 Å². The second-order valence-electron chi connectivity index (χ2n) is 10.1. The van der Waals surface area contributed by atoms with E-state index in [4.69, 9.17) is 0 Å². The SMILES string of the molecule is Cc1c(C)c(C)c(S(=O)(=O)NC(C)C23CC4CC(CC(C4)C2)C3)c(C)c1C. The number of hydrogen-bond acceptors (Lipinski definition) is 2. The fourth-order valence-corrected chi connectivity index (χ4v) is 8.94. The lowest BCUT2D eigenvalue weighted by Gasteiger charge is -2.59. The molecule has 1 aromatic carbocycles. The second kappa shape index (κ2) is 6.32. The van der Waals surface area contributed by atoms with Crippen molar-refractivity contribution in [3.63, 3.8) is 0 Å². The van der Waals surface area contributed by atoms with Gasteiger partial charge in [0.2, 0.25) is 10.0 Å².